The molecule has 13 heteroatoms. The van der Waals surface area contributed by atoms with Gasteiger partial charge in [-0.05, 0) is 63.0 Å². The van der Waals surface area contributed by atoms with Crippen LogP contribution < -0.4 is 5.32 Å². The molecule has 0 spiro atoms. The summed E-state index contributed by atoms with van der Waals surface area (Å²) in [5, 5.41) is 2.62. The zero-order chi connectivity index (χ0) is 27.5. The SMILES string of the molecule is O=C(Nc1ccc(C(=O)OCC[N-]S(=O)(=O)C(F)(F)F)cc1I)OCC1c2ccccc2-c2ccccc21. The number of anilines is 1. The van der Waals surface area contributed by atoms with Crippen molar-refractivity contribution in [1.29, 1.82) is 0 Å². The maximum absolute atomic E-state index is 12.5. The lowest BCUT2D eigenvalue weighted by atomic mass is 9.98. The molecule has 200 valence electrons. The van der Waals surface area contributed by atoms with Crippen LogP contribution in [0.25, 0.3) is 15.8 Å². The van der Waals surface area contributed by atoms with Crippen LogP contribution in [0.4, 0.5) is 23.7 Å². The van der Waals surface area contributed by atoms with Crippen molar-refractivity contribution >= 4 is 50.4 Å². The van der Waals surface area contributed by atoms with Crippen LogP contribution in [-0.2, 0) is 19.5 Å². The summed E-state index contributed by atoms with van der Waals surface area (Å²) in [6.07, 6.45) is -0.687. The van der Waals surface area contributed by atoms with E-state index in [4.69, 9.17) is 9.47 Å². The van der Waals surface area contributed by atoms with Crippen LogP contribution in [0.3, 0.4) is 0 Å². The fourth-order valence-corrected chi connectivity index (χ4v) is 5.05. The van der Waals surface area contributed by atoms with Crippen molar-refractivity contribution < 1.29 is 40.7 Å². The standard InChI is InChI=1S/C25H19F3IN2O6S/c26-25(27,28)38(34,35)30-11-12-36-23(32)15-9-10-22(21(29)13-15)31-24(33)37-14-20-18-7-3-1-5-16(18)17-6-2-4-8-19(17)20/h1-10,13,20H,11-12,14H2,(H,31,32,33)/q-1. The Morgan fingerprint density at radius 1 is 0.947 bits per heavy atom. The largest absolute Gasteiger partial charge is 0.538 e. The van der Waals surface area contributed by atoms with Crippen LogP contribution in [0.15, 0.2) is 66.7 Å². The summed E-state index contributed by atoms with van der Waals surface area (Å²) < 4.78 is 71.9. The molecule has 0 aliphatic heterocycles. The number of hydrogen-bond acceptors (Lipinski definition) is 6. The minimum Gasteiger partial charge on any atom is -0.538 e. The molecule has 1 amide bonds. The normalized spacial score (nSPS) is 12.9. The molecule has 0 radical (unpaired) electrons. The van der Waals surface area contributed by atoms with Gasteiger partial charge in [0, 0.05) is 9.49 Å². The Morgan fingerprint density at radius 2 is 1.55 bits per heavy atom. The number of amides is 1. The quantitative estimate of drug-likeness (QED) is 0.180. The van der Waals surface area contributed by atoms with Gasteiger partial charge >= 0.3 is 17.6 Å². The smallest absolute Gasteiger partial charge is 0.480 e. The van der Waals surface area contributed by atoms with Gasteiger partial charge in [-0.1, -0.05) is 48.5 Å². The molecular formula is C25H19F3IN2O6S-. The summed E-state index contributed by atoms with van der Waals surface area (Å²) >= 11 is 1.88. The fourth-order valence-electron chi connectivity index (χ4n) is 3.94. The Bertz CT molecular complexity index is 1430. The van der Waals surface area contributed by atoms with Gasteiger partial charge in [0.2, 0.25) is 0 Å². The Kier molecular flexibility index (Phi) is 8.28. The third-order valence-electron chi connectivity index (χ3n) is 5.66. The molecule has 0 unspecified atom stereocenters. The van der Waals surface area contributed by atoms with Crippen molar-refractivity contribution in [3.05, 3.63) is 91.7 Å². The van der Waals surface area contributed by atoms with E-state index >= 15 is 0 Å². The van der Waals surface area contributed by atoms with Crippen molar-refractivity contribution in [2.24, 2.45) is 0 Å². The first-order valence-electron chi connectivity index (χ1n) is 11.1. The van der Waals surface area contributed by atoms with E-state index < -0.39 is 40.7 Å². The molecule has 4 rings (SSSR count). The van der Waals surface area contributed by atoms with E-state index in [9.17, 15) is 31.2 Å². The molecule has 0 heterocycles. The molecule has 0 atom stereocenters. The van der Waals surface area contributed by atoms with Gasteiger partial charge in [0.1, 0.15) is 6.61 Å². The molecule has 1 aliphatic carbocycles. The van der Waals surface area contributed by atoms with E-state index in [1.807, 2.05) is 71.1 Å². The average molecular weight is 659 g/mol. The molecule has 0 saturated carbocycles. The zero-order valence-corrected chi connectivity index (χ0v) is 22.3. The number of rotatable bonds is 8. The third kappa shape index (κ3) is 6.10. The molecule has 0 bridgehead atoms. The van der Waals surface area contributed by atoms with Crippen LogP contribution >= 0.6 is 22.6 Å². The number of carbonyl (C=O) groups excluding carboxylic acids is 2. The number of alkyl halides is 3. The predicted molar refractivity (Wildman–Crippen MR) is 141 cm³/mol. The number of carbonyl (C=O) groups is 2. The molecular weight excluding hydrogens is 640 g/mol. The summed E-state index contributed by atoms with van der Waals surface area (Å²) in [7, 11) is -5.64. The van der Waals surface area contributed by atoms with Crippen molar-refractivity contribution in [3.8, 4) is 11.1 Å². The van der Waals surface area contributed by atoms with E-state index in [1.165, 1.54) is 18.2 Å². The first kappa shape index (κ1) is 27.9. The van der Waals surface area contributed by atoms with E-state index in [0.29, 0.717) is 9.26 Å². The fraction of sp³-hybridized carbons (Fsp3) is 0.200. The van der Waals surface area contributed by atoms with Crippen LogP contribution in [0, 0.1) is 3.57 Å². The lowest BCUT2D eigenvalue weighted by molar-refractivity contribution is -0.0427. The lowest BCUT2D eigenvalue weighted by Gasteiger charge is -2.21. The molecule has 0 saturated heterocycles. The molecule has 1 N–H and O–H groups in total. The Labute approximate surface area is 229 Å². The summed E-state index contributed by atoms with van der Waals surface area (Å²) in [5.41, 5.74) is -0.750. The maximum atomic E-state index is 12.5. The number of nitrogens with one attached hydrogen (secondary N) is 1. The minimum atomic E-state index is -5.64. The van der Waals surface area contributed by atoms with Gasteiger partial charge < -0.3 is 14.2 Å². The van der Waals surface area contributed by atoms with Gasteiger partial charge in [0.15, 0.2) is 10.0 Å². The van der Waals surface area contributed by atoms with Gasteiger partial charge in [-0.25, -0.2) is 18.0 Å². The minimum absolute atomic E-state index is 0.0474. The number of hydrogen-bond donors (Lipinski definition) is 1. The van der Waals surface area contributed by atoms with Gasteiger partial charge in [-0.15, -0.1) is 6.54 Å². The molecule has 0 fully saturated rings. The summed E-state index contributed by atoms with van der Waals surface area (Å²) in [6, 6.07) is 20.0. The van der Waals surface area contributed by atoms with Crippen LogP contribution in [0.1, 0.15) is 27.4 Å². The average Bonchev–Trinajstić information content (AvgIpc) is 3.19. The molecule has 3 aromatic rings. The van der Waals surface area contributed by atoms with Crippen molar-refractivity contribution in [2.75, 3.05) is 25.1 Å². The van der Waals surface area contributed by atoms with E-state index in [-0.39, 0.29) is 18.1 Å². The van der Waals surface area contributed by atoms with Gasteiger partial charge in [-0.3, -0.25) is 5.32 Å². The van der Waals surface area contributed by atoms with Crippen molar-refractivity contribution in [2.45, 2.75) is 11.4 Å². The lowest BCUT2D eigenvalue weighted by Crippen LogP contribution is -2.23. The first-order chi connectivity index (χ1) is 18.0. The number of halogens is 4. The molecule has 1 aliphatic rings. The third-order valence-corrected chi connectivity index (χ3v) is 7.66. The Hall–Kier alpha value is -3.17. The number of ether oxygens (including phenoxy) is 2. The second-order valence-corrected chi connectivity index (χ2v) is 10.9. The number of sulfonamides is 1. The van der Waals surface area contributed by atoms with Crippen LogP contribution in [0.2, 0.25) is 0 Å². The number of nitrogens with zero attached hydrogens (tertiary/aromatic N) is 1. The van der Waals surface area contributed by atoms with E-state index in [1.54, 1.807) is 0 Å². The highest BCUT2D eigenvalue weighted by Crippen LogP contribution is 2.44. The predicted octanol–water partition coefficient (Wildman–Crippen LogP) is 6.03. The Balaban J connectivity index is 1.31. The summed E-state index contributed by atoms with van der Waals surface area (Å²) in [5.74, 6) is -1.00. The summed E-state index contributed by atoms with van der Waals surface area (Å²) in [6.45, 7) is -1.41. The molecule has 8 nitrogen and oxygen atoms in total. The Morgan fingerprint density at radius 3 is 2.13 bits per heavy atom. The van der Waals surface area contributed by atoms with Crippen LogP contribution in [0.5, 0.6) is 0 Å². The number of benzene rings is 3. The molecule has 38 heavy (non-hydrogen) atoms. The molecule has 3 aromatic carbocycles. The maximum Gasteiger partial charge on any atom is 0.480 e. The highest BCUT2D eigenvalue weighted by Gasteiger charge is 2.38. The second-order valence-electron chi connectivity index (χ2n) is 8.05. The van der Waals surface area contributed by atoms with Gasteiger partial charge in [0.25, 0.3) is 0 Å². The second kappa shape index (κ2) is 11.3. The highest BCUT2D eigenvalue weighted by atomic mass is 127. The van der Waals surface area contributed by atoms with Gasteiger partial charge in [-0.2, -0.15) is 13.2 Å². The van der Waals surface area contributed by atoms with Crippen LogP contribution in [-0.4, -0.2) is 45.7 Å². The topological polar surface area (TPSA) is 113 Å². The molecule has 0 aromatic heterocycles. The van der Waals surface area contributed by atoms with E-state index in [0.717, 1.165) is 22.3 Å². The van der Waals surface area contributed by atoms with Gasteiger partial charge in [0.05, 0.1) is 17.9 Å². The number of fused-ring (bicyclic) bond motifs is 3. The van der Waals surface area contributed by atoms with Crippen molar-refractivity contribution in [1.82, 2.24) is 0 Å². The van der Waals surface area contributed by atoms with Crippen molar-refractivity contribution in [3.63, 3.8) is 0 Å². The highest BCUT2D eigenvalue weighted by molar-refractivity contribution is 14.1. The number of esters is 1. The zero-order valence-electron chi connectivity index (χ0n) is 19.4. The first-order valence-corrected chi connectivity index (χ1v) is 13.6. The summed E-state index contributed by atoms with van der Waals surface area (Å²) in [4.78, 5) is 24.7. The van der Waals surface area contributed by atoms with E-state index in [2.05, 4.69) is 10.0 Å². The monoisotopic (exact) mass is 659 g/mol.